The summed E-state index contributed by atoms with van der Waals surface area (Å²) in [7, 11) is 3.48. The van der Waals surface area contributed by atoms with E-state index in [1.807, 2.05) is 0 Å². The van der Waals surface area contributed by atoms with Gasteiger partial charge in [0.2, 0.25) is 5.91 Å². The van der Waals surface area contributed by atoms with Gasteiger partial charge < -0.3 is 20.5 Å². The van der Waals surface area contributed by atoms with Crippen LogP contribution in [0.15, 0.2) is 29.4 Å². The van der Waals surface area contributed by atoms with Crippen molar-refractivity contribution in [3.8, 4) is 0 Å². The number of aromatic amines is 1. The summed E-state index contributed by atoms with van der Waals surface area (Å²) in [6, 6.07) is 6.35. The van der Waals surface area contributed by atoms with E-state index in [0.29, 0.717) is 5.96 Å². The van der Waals surface area contributed by atoms with Gasteiger partial charge in [-0.1, -0.05) is 18.2 Å². The average molecular weight is 503 g/mol. The summed E-state index contributed by atoms with van der Waals surface area (Å²) < 4.78 is 0. The molecule has 6 nitrogen and oxygen atoms in total. The van der Waals surface area contributed by atoms with E-state index in [4.69, 9.17) is 0 Å². The Hall–Kier alpha value is -1.42. The summed E-state index contributed by atoms with van der Waals surface area (Å²) in [6.45, 7) is 3.83. The lowest BCUT2D eigenvalue weighted by atomic mass is 10.1. The minimum Gasteiger partial charge on any atom is -0.361 e. The monoisotopic (exact) mass is 503 g/mol. The van der Waals surface area contributed by atoms with Gasteiger partial charge >= 0.3 is 0 Å². The lowest BCUT2D eigenvalue weighted by Gasteiger charge is -2.13. The summed E-state index contributed by atoms with van der Waals surface area (Å²) in [4.78, 5) is 21.1. The highest BCUT2D eigenvalue weighted by Gasteiger charge is 2.07. The van der Waals surface area contributed by atoms with E-state index in [1.165, 1.54) is 22.0 Å². The van der Waals surface area contributed by atoms with Crippen molar-refractivity contribution in [3.05, 3.63) is 35.5 Å². The van der Waals surface area contributed by atoms with Gasteiger partial charge in [0.15, 0.2) is 5.96 Å². The number of aryl methyl sites for hydroxylation is 1. The number of halogens is 1. The Kier molecular flexibility index (Phi) is 10.6. The summed E-state index contributed by atoms with van der Waals surface area (Å²) in [6.07, 6.45) is 5.03. The molecule has 150 valence electrons. The third-order valence-corrected chi connectivity index (χ3v) is 4.78. The zero-order valence-corrected chi connectivity index (χ0v) is 19.6. The first-order valence-electron chi connectivity index (χ1n) is 8.79. The van der Waals surface area contributed by atoms with Crippen LogP contribution in [0.1, 0.15) is 11.1 Å². The molecule has 1 aromatic heterocycles. The number of H-pyrrole nitrogens is 1. The summed E-state index contributed by atoms with van der Waals surface area (Å²) in [5.74, 6) is 1.66. The van der Waals surface area contributed by atoms with E-state index in [2.05, 4.69) is 58.2 Å². The second-order valence-electron chi connectivity index (χ2n) is 6.36. The number of guanidine groups is 1. The fraction of sp³-hybridized carbons (Fsp3) is 0.474. The van der Waals surface area contributed by atoms with Crippen LogP contribution in [0.2, 0.25) is 0 Å². The van der Waals surface area contributed by atoms with Gasteiger partial charge in [-0.05, 0) is 30.7 Å². The van der Waals surface area contributed by atoms with Crippen LogP contribution in [0.25, 0.3) is 10.9 Å². The number of hydrogen-bond acceptors (Lipinski definition) is 3. The number of aliphatic imine (C=N–C) groups is 1. The Labute approximate surface area is 183 Å². The van der Waals surface area contributed by atoms with Crippen LogP contribution in [-0.4, -0.2) is 67.5 Å². The van der Waals surface area contributed by atoms with Crippen LogP contribution in [0.3, 0.4) is 0 Å². The number of likely N-dealkylation sites (N-methyl/N-ethyl adjacent to an activating group) is 1. The molecule has 27 heavy (non-hydrogen) atoms. The molecule has 2 aromatic rings. The van der Waals surface area contributed by atoms with Gasteiger partial charge in [0.25, 0.3) is 0 Å². The first kappa shape index (κ1) is 23.6. The van der Waals surface area contributed by atoms with Gasteiger partial charge in [-0.25, -0.2) is 4.99 Å². The molecule has 0 unspecified atom stereocenters. The molecule has 0 saturated carbocycles. The Bertz CT molecular complexity index is 760. The number of hydrogen-bond donors (Lipinski definition) is 3. The van der Waals surface area contributed by atoms with Gasteiger partial charge in [0.05, 0.1) is 0 Å². The maximum Gasteiger partial charge on any atom is 0.243 e. The molecule has 0 fully saturated rings. The smallest absolute Gasteiger partial charge is 0.243 e. The largest absolute Gasteiger partial charge is 0.361 e. The molecule has 0 spiro atoms. The van der Waals surface area contributed by atoms with Crippen LogP contribution in [0.4, 0.5) is 0 Å². The Morgan fingerprint density at radius 1 is 1.26 bits per heavy atom. The van der Waals surface area contributed by atoms with Crippen LogP contribution in [0, 0.1) is 6.92 Å². The molecule has 0 radical (unpaired) electrons. The molecule has 0 bridgehead atoms. The molecule has 1 aromatic carbocycles. The van der Waals surface area contributed by atoms with Gasteiger partial charge in [0.1, 0.15) is 6.54 Å². The number of carbonyl (C=O) groups excluding carboxylic acids is 1. The number of para-hydroxylation sites is 1. The predicted molar refractivity (Wildman–Crippen MR) is 128 cm³/mol. The molecule has 0 aliphatic carbocycles. The van der Waals surface area contributed by atoms with Gasteiger partial charge in [-0.15, -0.1) is 24.0 Å². The quantitative estimate of drug-likeness (QED) is 0.224. The molecular weight excluding hydrogens is 473 g/mol. The predicted octanol–water partition coefficient (Wildman–Crippen LogP) is 2.62. The summed E-state index contributed by atoms with van der Waals surface area (Å²) >= 11 is 1.77. The third kappa shape index (κ3) is 7.25. The van der Waals surface area contributed by atoms with Gasteiger partial charge in [-0.2, -0.15) is 11.8 Å². The molecule has 3 N–H and O–H groups in total. The van der Waals surface area contributed by atoms with Crippen LogP contribution in [0.5, 0.6) is 0 Å². The number of carbonyl (C=O) groups is 1. The van der Waals surface area contributed by atoms with E-state index in [9.17, 15) is 4.79 Å². The van der Waals surface area contributed by atoms with E-state index in [0.717, 1.165) is 25.3 Å². The molecular formula is C19H30IN5OS. The highest BCUT2D eigenvalue weighted by Crippen LogP contribution is 2.21. The fourth-order valence-corrected chi connectivity index (χ4v) is 2.93. The second-order valence-corrected chi connectivity index (χ2v) is 7.35. The van der Waals surface area contributed by atoms with Gasteiger partial charge in [0, 0.05) is 50.0 Å². The van der Waals surface area contributed by atoms with Crippen molar-refractivity contribution in [2.24, 2.45) is 4.99 Å². The number of rotatable bonds is 8. The minimum atomic E-state index is -0.0110. The number of nitrogens with zero attached hydrogens (tertiary/aromatic N) is 2. The Morgan fingerprint density at radius 2 is 2.00 bits per heavy atom. The average Bonchev–Trinajstić information content (AvgIpc) is 3.03. The first-order chi connectivity index (χ1) is 12.5. The second kappa shape index (κ2) is 12.1. The fourth-order valence-electron chi connectivity index (χ4n) is 2.62. The number of thioether (sulfide) groups is 1. The zero-order valence-electron chi connectivity index (χ0n) is 16.5. The van der Waals surface area contributed by atoms with Crippen molar-refractivity contribution < 1.29 is 4.79 Å². The van der Waals surface area contributed by atoms with Crippen molar-refractivity contribution in [2.75, 3.05) is 45.7 Å². The lowest BCUT2D eigenvalue weighted by molar-refractivity contribution is -0.127. The lowest BCUT2D eigenvalue weighted by Crippen LogP contribution is -2.40. The van der Waals surface area contributed by atoms with E-state index in [-0.39, 0.29) is 36.4 Å². The van der Waals surface area contributed by atoms with Crippen molar-refractivity contribution >= 4 is 58.5 Å². The maximum absolute atomic E-state index is 11.8. The zero-order chi connectivity index (χ0) is 18.9. The molecule has 1 heterocycles. The highest BCUT2D eigenvalue weighted by atomic mass is 127. The standard InChI is InChI=1S/C19H29N5OS.HI/c1-14-6-5-7-16-15(12-22-18(14)16)8-9-20-19(21-10-11-26-4)23-13-17(25)24(2)3;/h5-7,12,22H,8-11,13H2,1-4H3,(H2,20,21,23);1H. The van der Waals surface area contributed by atoms with Crippen molar-refractivity contribution in [1.82, 2.24) is 20.5 Å². The van der Waals surface area contributed by atoms with Crippen LogP contribution >= 0.6 is 35.7 Å². The normalized spacial score (nSPS) is 11.2. The Balaban J connectivity index is 0.00000364. The number of fused-ring (bicyclic) bond motifs is 1. The minimum absolute atomic E-state index is 0. The SMILES string of the molecule is CSCCNC(=NCC(=O)N(C)C)NCCc1c[nH]c2c(C)cccc12.I. The van der Waals surface area contributed by atoms with Crippen LogP contribution < -0.4 is 10.6 Å². The van der Waals surface area contributed by atoms with E-state index < -0.39 is 0 Å². The molecule has 0 atom stereocenters. The third-order valence-electron chi connectivity index (χ3n) is 4.17. The topological polar surface area (TPSA) is 72.5 Å². The summed E-state index contributed by atoms with van der Waals surface area (Å²) in [5, 5.41) is 7.88. The maximum atomic E-state index is 11.8. The molecule has 0 aliphatic rings. The van der Waals surface area contributed by atoms with Gasteiger partial charge in [-0.3, -0.25) is 4.79 Å². The van der Waals surface area contributed by atoms with E-state index in [1.54, 1.807) is 30.8 Å². The highest BCUT2D eigenvalue weighted by molar-refractivity contribution is 14.0. The first-order valence-corrected chi connectivity index (χ1v) is 10.2. The molecule has 0 aliphatic heterocycles. The molecule has 2 rings (SSSR count). The summed E-state index contributed by atoms with van der Waals surface area (Å²) in [5.41, 5.74) is 3.74. The number of nitrogens with one attached hydrogen (secondary N) is 3. The molecule has 8 heteroatoms. The molecule has 1 amide bonds. The van der Waals surface area contributed by atoms with Crippen molar-refractivity contribution in [2.45, 2.75) is 13.3 Å². The number of benzene rings is 1. The molecule has 0 saturated heterocycles. The van der Waals surface area contributed by atoms with Crippen molar-refractivity contribution in [1.29, 1.82) is 0 Å². The Morgan fingerprint density at radius 3 is 2.70 bits per heavy atom. The van der Waals surface area contributed by atoms with Crippen molar-refractivity contribution in [3.63, 3.8) is 0 Å². The number of aromatic nitrogens is 1. The van der Waals surface area contributed by atoms with Crippen LogP contribution in [-0.2, 0) is 11.2 Å². The van der Waals surface area contributed by atoms with E-state index >= 15 is 0 Å². The number of amides is 1.